The van der Waals surface area contributed by atoms with Crippen molar-refractivity contribution in [3.8, 4) is 6.07 Å². The SMILES string of the molecule is Cc1cc(NC(=O)c2ccc(F)cc2Cl)sc1C(=O)N1CCN(Cc2ccc(C#N)cc2)CC1. The van der Waals surface area contributed by atoms with Gasteiger partial charge in [0.1, 0.15) is 5.82 Å². The highest BCUT2D eigenvalue weighted by Gasteiger charge is 2.25. The second-order valence-electron chi connectivity index (χ2n) is 8.08. The van der Waals surface area contributed by atoms with Crippen molar-refractivity contribution < 1.29 is 14.0 Å². The van der Waals surface area contributed by atoms with Crippen LogP contribution in [0.3, 0.4) is 0 Å². The minimum atomic E-state index is -0.515. The van der Waals surface area contributed by atoms with Crippen molar-refractivity contribution in [2.24, 2.45) is 0 Å². The molecule has 1 fully saturated rings. The van der Waals surface area contributed by atoms with E-state index in [-0.39, 0.29) is 16.5 Å². The molecule has 2 amide bonds. The molecule has 0 unspecified atom stereocenters. The molecule has 0 radical (unpaired) electrons. The maximum absolute atomic E-state index is 13.3. The Morgan fingerprint density at radius 2 is 1.82 bits per heavy atom. The third-order valence-corrected chi connectivity index (χ3v) is 7.13. The van der Waals surface area contributed by atoms with Crippen molar-refractivity contribution in [1.29, 1.82) is 5.26 Å². The lowest BCUT2D eigenvalue weighted by Gasteiger charge is -2.34. The van der Waals surface area contributed by atoms with E-state index in [0.717, 1.165) is 36.8 Å². The molecule has 0 bridgehead atoms. The number of hydrogen-bond donors (Lipinski definition) is 1. The average molecular weight is 497 g/mol. The van der Waals surface area contributed by atoms with E-state index < -0.39 is 11.7 Å². The number of piperazine rings is 1. The highest BCUT2D eigenvalue weighted by atomic mass is 35.5. The molecule has 174 valence electrons. The Morgan fingerprint density at radius 1 is 1.12 bits per heavy atom. The highest BCUT2D eigenvalue weighted by molar-refractivity contribution is 7.18. The van der Waals surface area contributed by atoms with Gasteiger partial charge >= 0.3 is 0 Å². The number of hydrogen-bond acceptors (Lipinski definition) is 5. The number of rotatable bonds is 5. The minimum Gasteiger partial charge on any atom is -0.335 e. The lowest BCUT2D eigenvalue weighted by atomic mass is 10.1. The Bertz CT molecular complexity index is 1260. The van der Waals surface area contributed by atoms with Crippen molar-refractivity contribution in [1.82, 2.24) is 9.80 Å². The zero-order chi connectivity index (χ0) is 24.2. The number of nitrogens with one attached hydrogen (secondary N) is 1. The van der Waals surface area contributed by atoms with E-state index in [1.54, 1.807) is 6.07 Å². The molecule has 3 aromatic rings. The van der Waals surface area contributed by atoms with Crippen molar-refractivity contribution in [3.63, 3.8) is 0 Å². The Morgan fingerprint density at radius 3 is 2.47 bits per heavy atom. The van der Waals surface area contributed by atoms with Crippen molar-refractivity contribution in [2.45, 2.75) is 13.5 Å². The molecule has 0 atom stereocenters. The van der Waals surface area contributed by atoms with Crippen molar-refractivity contribution in [2.75, 3.05) is 31.5 Å². The van der Waals surface area contributed by atoms with Gasteiger partial charge < -0.3 is 10.2 Å². The summed E-state index contributed by atoms with van der Waals surface area (Å²) in [5.74, 6) is -1.03. The van der Waals surface area contributed by atoms with Gasteiger partial charge in [-0.05, 0) is 54.4 Å². The molecule has 1 aromatic heterocycles. The van der Waals surface area contributed by atoms with E-state index in [9.17, 15) is 14.0 Å². The highest BCUT2D eigenvalue weighted by Crippen LogP contribution is 2.29. The van der Waals surface area contributed by atoms with Gasteiger partial charge in [0.25, 0.3) is 11.8 Å². The molecule has 4 rings (SSSR count). The van der Waals surface area contributed by atoms with Crippen LogP contribution in [0.15, 0.2) is 48.5 Å². The van der Waals surface area contributed by atoms with Gasteiger partial charge in [-0.3, -0.25) is 14.5 Å². The molecule has 1 saturated heterocycles. The first-order valence-electron chi connectivity index (χ1n) is 10.7. The fourth-order valence-corrected chi connectivity index (χ4v) is 5.09. The molecule has 1 aliphatic rings. The summed E-state index contributed by atoms with van der Waals surface area (Å²) in [5, 5.41) is 12.2. The van der Waals surface area contributed by atoms with Gasteiger partial charge in [0.15, 0.2) is 0 Å². The number of aryl methyl sites for hydroxylation is 1. The number of benzene rings is 2. The normalized spacial score (nSPS) is 14.0. The van der Waals surface area contributed by atoms with Gasteiger partial charge in [-0.1, -0.05) is 23.7 Å². The number of thiophene rings is 1. The van der Waals surface area contributed by atoms with E-state index in [1.807, 2.05) is 36.1 Å². The largest absolute Gasteiger partial charge is 0.335 e. The minimum absolute atomic E-state index is 0.0287. The number of anilines is 1. The van der Waals surface area contributed by atoms with Crippen LogP contribution in [0.2, 0.25) is 5.02 Å². The molecule has 0 aliphatic carbocycles. The van der Waals surface area contributed by atoms with Crippen LogP contribution in [0.5, 0.6) is 0 Å². The van der Waals surface area contributed by atoms with Gasteiger partial charge in [0, 0.05) is 32.7 Å². The second kappa shape index (κ2) is 10.3. The maximum Gasteiger partial charge on any atom is 0.264 e. The maximum atomic E-state index is 13.3. The van der Waals surface area contributed by atoms with E-state index in [1.165, 1.54) is 23.5 Å². The fraction of sp³-hybridized carbons (Fsp3) is 0.240. The molecule has 6 nitrogen and oxygen atoms in total. The molecule has 2 aromatic carbocycles. The molecule has 0 saturated carbocycles. The number of carbonyl (C=O) groups is 2. The monoisotopic (exact) mass is 496 g/mol. The smallest absolute Gasteiger partial charge is 0.264 e. The van der Waals surface area contributed by atoms with Gasteiger partial charge in [0.05, 0.1) is 32.1 Å². The Hall–Kier alpha value is -3.25. The zero-order valence-electron chi connectivity index (χ0n) is 18.5. The zero-order valence-corrected chi connectivity index (χ0v) is 20.0. The summed E-state index contributed by atoms with van der Waals surface area (Å²) in [6.07, 6.45) is 0. The van der Waals surface area contributed by atoms with Crippen LogP contribution >= 0.6 is 22.9 Å². The Labute approximate surface area is 206 Å². The number of nitrogens with zero attached hydrogens (tertiary/aromatic N) is 3. The lowest BCUT2D eigenvalue weighted by Crippen LogP contribution is -2.48. The molecule has 34 heavy (non-hydrogen) atoms. The molecular weight excluding hydrogens is 475 g/mol. The predicted octanol–water partition coefficient (Wildman–Crippen LogP) is 4.93. The van der Waals surface area contributed by atoms with Gasteiger partial charge in [-0.15, -0.1) is 11.3 Å². The summed E-state index contributed by atoms with van der Waals surface area (Å²) >= 11 is 7.20. The van der Waals surface area contributed by atoms with Gasteiger partial charge in [0.2, 0.25) is 0 Å². The summed E-state index contributed by atoms with van der Waals surface area (Å²) in [6, 6.07) is 15.0. The first-order valence-corrected chi connectivity index (χ1v) is 11.9. The van der Waals surface area contributed by atoms with E-state index in [2.05, 4.69) is 16.3 Å². The predicted molar refractivity (Wildman–Crippen MR) is 131 cm³/mol. The molecule has 0 spiro atoms. The summed E-state index contributed by atoms with van der Waals surface area (Å²) in [5.41, 5.74) is 2.73. The fourth-order valence-electron chi connectivity index (χ4n) is 3.80. The number of amides is 2. The van der Waals surface area contributed by atoms with Crippen molar-refractivity contribution in [3.05, 3.63) is 86.5 Å². The summed E-state index contributed by atoms with van der Waals surface area (Å²) in [4.78, 5) is 30.4. The topological polar surface area (TPSA) is 76.4 Å². The quantitative estimate of drug-likeness (QED) is 0.543. The van der Waals surface area contributed by atoms with Crippen LogP contribution in [0.1, 0.15) is 36.7 Å². The van der Waals surface area contributed by atoms with E-state index >= 15 is 0 Å². The Kier molecular flexibility index (Phi) is 7.27. The third kappa shape index (κ3) is 5.45. The lowest BCUT2D eigenvalue weighted by molar-refractivity contribution is 0.0632. The van der Waals surface area contributed by atoms with E-state index in [0.29, 0.717) is 28.5 Å². The first-order chi connectivity index (χ1) is 16.3. The molecular formula is C25H22ClFN4O2S. The van der Waals surface area contributed by atoms with Crippen LogP contribution in [-0.2, 0) is 6.54 Å². The van der Waals surface area contributed by atoms with Gasteiger partial charge in [-0.2, -0.15) is 5.26 Å². The van der Waals surface area contributed by atoms with Crippen LogP contribution < -0.4 is 5.32 Å². The van der Waals surface area contributed by atoms with Crippen LogP contribution in [0, 0.1) is 24.1 Å². The van der Waals surface area contributed by atoms with E-state index in [4.69, 9.17) is 16.9 Å². The van der Waals surface area contributed by atoms with Crippen LogP contribution in [0.4, 0.5) is 9.39 Å². The summed E-state index contributed by atoms with van der Waals surface area (Å²) in [6.45, 7) is 5.34. The van der Waals surface area contributed by atoms with Crippen LogP contribution in [0.25, 0.3) is 0 Å². The van der Waals surface area contributed by atoms with Crippen molar-refractivity contribution >= 4 is 39.8 Å². The first kappa shape index (κ1) is 23.9. The average Bonchev–Trinajstić information content (AvgIpc) is 3.19. The second-order valence-corrected chi connectivity index (χ2v) is 9.54. The third-order valence-electron chi connectivity index (χ3n) is 5.67. The molecule has 1 aliphatic heterocycles. The number of nitriles is 1. The summed E-state index contributed by atoms with van der Waals surface area (Å²) in [7, 11) is 0. The number of carbonyl (C=O) groups excluding carboxylic acids is 2. The number of halogens is 2. The Balaban J connectivity index is 1.35. The summed E-state index contributed by atoms with van der Waals surface area (Å²) < 4.78 is 13.3. The molecule has 9 heteroatoms. The van der Waals surface area contributed by atoms with Crippen LogP contribution in [-0.4, -0.2) is 47.8 Å². The van der Waals surface area contributed by atoms with Gasteiger partial charge in [-0.25, -0.2) is 4.39 Å². The molecule has 1 N–H and O–H groups in total. The standard InChI is InChI=1S/C25H22ClFN4O2S/c1-16-12-22(29-24(32)20-7-6-19(27)13-21(20)26)34-23(16)25(33)31-10-8-30(9-11-31)15-18-4-2-17(14-28)3-5-18/h2-7,12-13H,8-11,15H2,1H3,(H,29,32). The molecule has 2 heterocycles.